The lowest BCUT2D eigenvalue weighted by Gasteiger charge is -2.33. The number of anilines is 2. The Hall–Kier alpha value is -3.42. The number of ether oxygens (including phenoxy) is 2. The quantitative estimate of drug-likeness (QED) is 0.713. The van der Waals surface area contributed by atoms with Crippen molar-refractivity contribution in [2.24, 2.45) is 5.92 Å². The molecule has 8 nitrogen and oxygen atoms in total. The number of hydrogen-bond acceptors (Lipinski definition) is 7. The van der Waals surface area contributed by atoms with Crippen LogP contribution in [0.5, 0.6) is 11.5 Å². The van der Waals surface area contributed by atoms with E-state index in [1.165, 1.54) is 0 Å². The number of nitrogens with zero attached hydrogens (tertiary/aromatic N) is 4. The molecule has 0 unspecified atom stereocenters. The molecule has 1 aromatic carbocycles. The Morgan fingerprint density at radius 3 is 2.83 bits per heavy atom. The normalized spacial score (nSPS) is 16.5. The van der Waals surface area contributed by atoms with Gasteiger partial charge in [0.2, 0.25) is 5.91 Å². The van der Waals surface area contributed by atoms with Crippen LogP contribution >= 0.6 is 0 Å². The Labute approximate surface area is 168 Å². The number of fused-ring (bicyclic) bond motifs is 1. The summed E-state index contributed by atoms with van der Waals surface area (Å²) in [5, 5.41) is 3.00. The van der Waals surface area contributed by atoms with Crippen LogP contribution in [0.4, 0.5) is 11.4 Å². The molecule has 1 aliphatic heterocycles. The highest BCUT2D eigenvalue weighted by atomic mass is 16.5. The molecule has 4 rings (SSSR count). The first kappa shape index (κ1) is 18.9. The van der Waals surface area contributed by atoms with E-state index in [9.17, 15) is 4.79 Å². The number of aromatic nitrogens is 3. The molecule has 1 aliphatic rings. The highest BCUT2D eigenvalue weighted by molar-refractivity contribution is 5.94. The van der Waals surface area contributed by atoms with Crippen LogP contribution in [0.25, 0.3) is 11.2 Å². The number of piperidine rings is 1. The molecular formula is C21H23N5O3. The van der Waals surface area contributed by atoms with Crippen LogP contribution in [0.2, 0.25) is 0 Å². The lowest BCUT2D eigenvalue weighted by molar-refractivity contribution is -0.120. The van der Waals surface area contributed by atoms with Gasteiger partial charge in [-0.05, 0) is 31.0 Å². The van der Waals surface area contributed by atoms with Crippen molar-refractivity contribution in [2.75, 3.05) is 37.5 Å². The summed E-state index contributed by atoms with van der Waals surface area (Å²) in [6, 6.07) is 7.32. The minimum Gasteiger partial charge on any atom is -0.497 e. The Bertz CT molecular complexity index is 1030. The fourth-order valence-corrected chi connectivity index (χ4v) is 3.59. The van der Waals surface area contributed by atoms with E-state index in [2.05, 4.69) is 25.2 Å². The zero-order valence-corrected chi connectivity index (χ0v) is 16.5. The first-order valence-corrected chi connectivity index (χ1v) is 9.52. The van der Waals surface area contributed by atoms with Gasteiger partial charge in [-0.2, -0.15) is 0 Å². The number of hydrogen-bond donors (Lipinski definition) is 1. The summed E-state index contributed by atoms with van der Waals surface area (Å²) in [5.74, 6) is 1.09. The fourth-order valence-electron chi connectivity index (χ4n) is 3.59. The molecule has 2 aromatic heterocycles. The zero-order valence-electron chi connectivity index (χ0n) is 16.5. The van der Waals surface area contributed by atoms with E-state index in [1.807, 2.05) is 6.07 Å². The number of pyridine rings is 1. The van der Waals surface area contributed by atoms with Gasteiger partial charge in [0.15, 0.2) is 5.65 Å². The minimum atomic E-state index is -0.141. The van der Waals surface area contributed by atoms with Gasteiger partial charge in [0.05, 0.1) is 37.7 Å². The molecule has 3 aromatic rings. The molecule has 29 heavy (non-hydrogen) atoms. The van der Waals surface area contributed by atoms with Gasteiger partial charge in [0.1, 0.15) is 17.0 Å². The maximum Gasteiger partial charge on any atom is 0.229 e. The smallest absolute Gasteiger partial charge is 0.229 e. The van der Waals surface area contributed by atoms with Gasteiger partial charge in [0, 0.05) is 31.5 Å². The molecule has 3 heterocycles. The molecule has 1 amide bonds. The molecule has 0 bridgehead atoms. The van der Waals surface area contributed by atoms with Crippen LogP contribution in [0.3, 0.4) is 0 Å². The van der Waals surface area contributed by atoms with Gasteiger partial charge in [-0.3, -0.25) is 9.78 Å². The summed E-state index contributed by atoms with van der Waals surface area (Å²) in [7, 11) is 3.17. The van der Waals surface area contributed by atoms with E-state index >= 15 is 0 Å². The van der Waals surface area contributed by atoms with Gasteiger partial charge in [-0.1, -0.05) is 0 Å². The van der Waals surface area contributed by atoms with Crippen molar-refractivity contribution in [1.82, 2.24) is 15.0 Å². The standard InChI is InChI=1S/C21H23N5O3/c1-28-16-5-6-19(29-2)17(11-16)25-21(27)14-4-3-9-26(13-14)15-10-18-20(24-12-15)23-8-7-22-18/h5-8,10-12,14H,3-4,9,13H2,1-2H3,(H,25,27)/t14-/m1/s1. The van der Waals surface area contributed by atoms with Crippen molar-refractivity contribution < 1.29 is 14.3 Å². The summed E-state index contributed by atoms with van der Waals surface area (Å²) in [4.78, 5) is 28.1. The average Bonchev–Trinajstić information content (AvgIpc) is 2.78. The summed E-state index contributed by atoms with van der Waals surface area (Å²) < 4.78 is 10.6. The largest absolute Gasteiger partial charge is 0.497 e. The molecule has 8 heteroatoms. The molecule has 1 N–H and O–H groups in total. The van der Waals surface area contributed by atoms with Crippen LogP contribution in [-0.4, -0.2) is 48.2 Å². The second-order valence-electron chi connectivity index (χ2n) is 6.93. The van der Waals surface area contributed by atoms with Crippen molar-refractivity contribution in [3.8, 4) is 11.5 Å². The molecule has 0 spiro atoms. The van der Waals surface area contributed by atoms with Crippen molar-refractivity contribution in [2.45, 2.75) is 12.8 Å². The SMILES string of the molecule is COc1ccc(OC)c(NC(=O)[C@@H]2CCCN(c3cnc4nccnc4c3)C2)c1. The number of benzene rings is 1. The first-order valence-electron chi connectivity index (χ1n) is 9.52. The van der Waals surface area contributed by atoms with E-state index < -0.39 is 0 Å². The average molecular weight is 393 g/mol. The van der Waals surface area contributed by atoms with Crippen molar-refractivity contribution in [3.05, 3.63) is 42.9 Å². The van der Waals surface area contributed by atoms with E-state index in [1.54, 1.807) is 51.0 Å². The molecule has 1 atom stereocenters. The van der Waals surface area contributed by atoms with Crippen LogP contribution in [0.15, 0.2) is 42.9 Å². The maximum absolute atomic E-state index is 13.0. The van der Waals surface area contributed by atoms with E-state index in [4.69, 9.17) is 9.47 Å². The third-order valence-electron chi connectivity index (χ3n) is 5.13. The predicted octanol–water partition coefficient (Wildman–Crippen LogP) is 2.90. The molecule has 0 aliphatic carbocycles. The Kier molecular flexibility index (Phi) is 5.41. The Morgan fingerprint density at radius 1 is 1.14 bits per heavy atom. The monoisotopic (exact) mass is 393 g/mol. The van der Waals surface area contributed by atoms with Crippen LogP contribution in [0, 0.1) is 5.92 Å². The predicted molar refractivity (Wildman–Crippen MR) is 110 cm³/mol. The van der Waals surface area contributed by atoms with Gasteiger partial charge in [0.25, 0.3) is 0 Å². The number of carbonyl (C=O) groups is 1. The summed E-state index contributed by atoms with van der Waals surface area (Å²) >= 11 is 0. The minimum absolute atomic E-state index is 0.0326. The van der Waals surface area contributed by atoms with E-state index in [-0.39, 0.29) is 11.8 Å². The summed E-state index contributed by atoms with van der Waals surface area (Å²) in [6.07, 6.45) is 6.83. The van der Waals surface area contributed by atoms with Crippen molar-refractivity contribution in [3.63, 3.8) is 0 Å². The highest BCUT2D eigenvalue weighted by Crippen LogP contribution is 2.31. The second kappa shape index (κ2) is 8.30. The number of nitrogens with one attached hydrogen (secondary N) is 1. The summed E-state index contributed by atoms with van der Waals surface area (Å²) in [6.45, 7) is 1.49. The molecule has 1 saturated heterocycles. The Morgan fingerprint density at radius 2 is 2.00 bits per heavy atom. The number of methoxy groups -OCH3 is 2. The zero-order chi connectivity index (χ0) is 20.2. The van der Waals surface area contributed by atoms with Crippen LogP contribution in [-0.2, 0) is 4.79 Å². The maximum atomic E-state index is 13.0. The number of amides is 1. The van der Waals surface area contributed by atoms with Crippen LogP contribution in [0.1, 0.15) is 12.8 Å². The topological polar surface area (TPSA) is 89.5 Å². The number of rotatable bonds is 5. The Balaban J connectivity index is 1.50. The van der Waals surface area contributed by atoms with Gasteiger partial charge in [-0.15, -0.1) is 0 Å². The molecule has 150 valence electrons. The summed E-state index contributed by atoms with van der Waals surface area (Å²) in [5.41, 5.74) is 2.93. The van der Waals surface area contributed by atoms with Gasteiger partial charge in [-0.25, -0.2) is 9.97 Å². The second-order valence-corrected chi connectivity index (χ2v) is 6.93. The molecule has 1 fully saturated rings. The third-order valence-corrected chi connectivity index (χ3v) is 5.13. The number of carbonyl (C=O) groups excluding carboxylic acids is 1. The molecule has 0 saturated carbocycles. The van der Waals surface area contributed by atoms with Gasteiger partial charge < -0.3 is 19.7 Å². The first-order chi connectivity index (χ1) is 14.2. The van der Waals surface area contributed by atoms with E-state index in [0.717, 1.165) is 30.6 Å². The fraction of sp³-hybridized carbons (Fsp3) is 0.333. The molecule has 0 radical (unpaired) electrons. The van der Waals surface area contributed by atoms with Gasteiger partial charge >= 0.3 is 0 Å². The lowest BCUT2D eigenvalue weighted by Crippen LogP contribution is -2.40. The highest BCUT2D eigenvalue weighted by Gasteiger charge is 2.27. The van der Waals surface area contributed by atoms with Crippen molar-refractivity contribution >= 4 is 28.4 Å². The van der Waals surface area contributed by atoms with Crippen molar-refractivity contribution in [1.29, 1.82) is 0 Å². The van der Waals surface area contributed by atoms with E-state index in [0.29, 0.717) is 29.4 Å². The molecular weight excluding hydrogens is 370 g/mol. The lowest BCUT2D eigenvalue weighted by atomic mass is 9.96. The third kappa shape index (κ3) is 4.06. The van der Waals surface area contributed by atoms with Crippen LogP contribution < -0.4 is 19.7 Å².